The third-order valence-electron chi connectivity index (χ3n) is 16.8. The van der Waals surface area contributed by atoms with Crippen molar-refractivity contribution in [3.8, 4) is 0 Å². The van der Waals surface area contributed by atoms with E-state index in [9.17, 15) is 35.1 Å². The fraction of sp³-hybridized carbons (Fsp3) is 0.813. The molecular formula is C75H135NO10. The summed E-state index contributed by atoms with van der Waals surface area (Å²) in [5.41, 5.74) is 0. The van der Waals surface area contributed by atoms with Gasteiger partial charge in [-0.15, -0.1) is 0 Å². The average molecular weight is 1210 g/mol. The molecule has 6 N–H and O–H groups in total. The van der Waals surface area contributed by atoms with Crippen molar-refractivity contribution in [3.05, 3.63) is 72.9 Å². The molecule has 1 aliphatic rings. The first kappa shape index (κ1) is 81.1. The third kappa shape index (κ3) is 49.0. The zero-order valence-electron chi connectivity index (χ0n) is 55.7. The molecule has 86 heavy (non-hydrogen) atoms. The van der Waals surface area contributed by atoms with E-state index in [0.29, 0.717) is 12.8 Å². The topological polar surface area (TPSA) is 175 Å². The third-order valence-corrected chi connectivity index (χ3v) is 16.8. The molecule has 8 atom stereocenters. The largest absolute Gasteiger partial charge is 0.454 e. The van der Waals surface area contributed by atoms with Crippen LogP contribution in [0.1, 0.15) is 329 Å². The van der Waals surface area contributed by atoms with Gasteiger partial charge in [0.2, 0.25) is 5.91 Å². The van der Waals surface area contributed by atoms with Crippen LogP contribution in [0.2, 0.25) is 0 Å². The lowest BCUT2D eigenvalue weighted by molar-refractivity contribution is -0.305. The molecule has 0 radical (unpaired) electrons. The summed E-state index contributed by atoms with van der Waals surface area (Å²) in [6, 6.07) is -1.03. The minimum Gasteiger partial charge on any atom is -0.454 e. The second-order valence-electron chi connectivity index (χ2n) is 25.0. The fourth-order valence-electron chi connectivity index (χ4n) is 11.1. The van der Waals surface area contributed by atoms with E-state index in [-0.39, 0.29) is 19.4 Å². The number of hydrogen-bond donors (Lipinski definition) is 6. The summed E-state index contributed by atoms with van der Waals surface area (Å²) in [5.74, 6) is -1.19. The maximum atomic E-state index is 13.5. The standard InChI is InChI=1S/C75H135NO10/c1-4-7-10-13-16-19-22-25-27-29-31-33-34-35-36-37-39-41-43-45-48-51-54-57-60-63-70(80)86-73-72(82)71(81)69(64-77)85-75(73)84-65-66(67(78)61-58-55-52-49-46-24-21-18-15-12-9-6-3)76-74(83)68(79)62-59-56-53-50-47-44-42-40-38-32-30-28-26-23-20-17-14-11-8-5-2/h16-17,19-20,25-28,32,38,58,61,66-69,71-73,75,77-79,81-82H,4-15,18,21-24,29-31,33-37,39-57,59-60,62-65H2,1-3H3,(H,76,83)/b19-16-,20-17-,27-25-,28-26-,38-32-,61-58+. The quantitative estimate of drug-likeness (QED) is 0.0195. The molecule has 0 spiro atoms. The number of ether oxygens (including phenoxy) is 3. The first-order valence-corrected chi connectivity index (χ1v) is 36.2. The van der Waals surface area contributed by atoms with E-state index in [1.807, 2.05) is 6.08 Å². The van der Waals surface area contributed by atoms with Crippen LogP contribution in [0.25, 0.3) is 0 Å². The zero-order chi connectivity index (χ0) is 62.4. The van der Waals surface area contributed by atoms with Crippen molar-refractivity contribution in [2.24, 2.45) is 0 Å². The van der Waals surface area contributed by atoms with E-state index in [4.69, 9.17) is 14.2 Å². The van der Waals surface area contributed by atoms with Crippen molar-refractivity contribution >= 4 is 11.9 Å². The van der Waals surface area contributed by atoms with Crippen molar-refractivity contribution in [2.75, 3.05) is 13.2 Å². The van der Waals surface area contributed by atoms with Gasteiger partial charge in [0, 0.05) is 6.42 Å². The lowest BCUT2D eigenvalue weighted by Crippen LogP contribution is -2.61. The summed E-state index contributed by atoms with van der Waals surface area (Å²) in [4.78, 5) is 26.7. The summed E-state index contributed by atoms with van der Waals surface area (Å²) in [7, 11) is 0. The van der Waals surface area contributed by atoms with Crippen LogP contribution in [0, 0.1) is 0 Å². The van der Waals surface area contributed by atoms with Gasteiger partial charge in [-0.3, -0.25) is 9.59 Å². The Morgan fingerprint density at radius 2 is 0.802 bits per heavy atom. The molecule has 0 aliphatic carbocycles. The number of nitrogens with one attached hydrogen (secondary N) is 1. The second-order valence-corrected chi connectivity index (χ2v) is 25.0. The van der Waals surface area contributed by atoms with Crippen LogP contribution < -0.4 is 5.32 Å². The summed E-state index contributed by atoms with van der Waals surface area (Å²) in [5, 5.41) is 57.3. The van der Waals surface area contributed by atoms with Gasteiger partial charge in [-0.05, 0) is 96.3 Å². The number of rotatable bonds is 62. The predicted octanol–water partition coefficient (Wildman–Crippen LogP) is 18.7. The first-order valence-electron chi connectivity index (χ1n) is 36.2. The van der Waals surface area contributed by atoms with Crippen molar-refractivity contribution < 1.29 is 49.3 Å². The molecule has 8 unspecified atom stereocenters. The predicted molar refractivity (Wildman–Crippen MR) is 361 cm³/mol. The molecule has 1 heterocycles. The minimum atomic E-state index is -1.62. The SMILES string of the molecule is CCCCC/C=C\C/C=C\C/C=C\CCCCCCCCCC(O)C(=O)NC(COC1OC(CO)C(O)C(O)C1OC(=O)CCCCCCCCCCCCCCCCC/C=C\C/C=C\CCCCC)C(O)/C=C/CCCCCCCCCCCC. The fourth-order valence-corrected chi connectivity index (χ4v) is 11.1. The Morgan fingerprint density at radius 1 is 0.453 bits per heavy atom. The van der Waals surface area contributed by atoms with E-state index in [0.717, 1.165) is 89.9 Å². The number of hydrogen-bond acceptors (Lipinski definition) is 10. The van der Waals surface area contributed by atoms with Crippen molar-refractivity contribution in [3.63, 3.8) is 0 Å². The van der Waals surface area contributed by atoms with E-state index in [1.165, 1.54) is 193 Å². The van der Waals surface area contributed by atoms with Gasteiger partial charge in [-0.25, -0.2) is 0 Å². The molecule has 0 saturated carbocycles. The van der Waals surface area contributed by atoms with E-state index in [1.54, 1.807) is 6.08 Å². The normalized spacial score (nSPS) is 18.7. The summed E-state index contributed by atoms with van der Waals surface area (Å²) in [6.45, 7) is 5.77. The molecule has 1 rings (SSSR count). The number of aliphatic hydroxyl groups is 5. The Kier molecular flexibility index (Phi) is 58.8. The Bertz CT molecular complexity index is 1680. The maximum Gasteiger partial charge on any atom is 0.306 e. The van der Waals surface area contributed by atoms with Crippen LogP contribution in [0.3, 0.4) is 0 Å². The lowest BCUT2D eigenvalue weighted by atomic mass is 9.99. The highest BCUT2D eigenvalue weighted by molar-refractivity contribution is 5.80. The summed E-state index contributed by atoms with van der Waals surface area (Å²) < 4.78 is 17.7. The van der Waals surface area contributed by atoms with Crippen molar-refractivity contribution in [2.45, 2.75) is 378 Å². The average Bonchev–Trinajstić information content (AvgIpc) is 3.30. The number of carbonyl (C=O) groups is 2. The first-order chi connectivity index (χ1) is 42.2. The van der Waals surface area contributed by atoms with Gasteiger partial charge in [0.25, 0.3) is 0 Å². The smallest absolute Gasteiger partial charge is 0.306 e. The highest BCUT2D eigenvalue weighted by Gasteiger charge is 2.47. The van der Waals surface area contributed by atoms with Crippen LogP contribution in [0.15, 0.2) is 72.9 Å². The summed E-state index contributed by atoms with van der Waals surface area (Å²) in [6.07, 6.45) is 70.8. The van der Waals surface area contributed by atoms with E-state index >= 15 is 0 Å². The lowest BCUT2D eigenvalue weighted by Gasteiger charge is -2.41. The van der Waals surface area contributed by atoms with Crippen LogP contribution in [0.5, 0.6) is 0 Å². The second kappa shape index (κ2) is 62.3. The van der Waals surface area contributed by atoms with Crippen LogP contribution >= 0.6 is 0 Å². The monoisotopic (exact) mass is 1210 g/mol. The van der Waals surface area contributed by atoms with Gasteiger partial charge in [0.05, 0.1) is 25.4 Å². The molecule has 11 nitrogen and oxygen atoms in total. The maximum absolute atomic E-state index is 13.5. The van der Waals surface area contributed by atoms with Crippen LogP contribution in [-0.4, -0.2) is 99.6 Å². The number of aliphatic hydroxyl groups excluding tert-OH is 5. The number of esters is 1. The van der Waals surface area contributed by atoms with Crippen molar-refractivity contribution in [1.29, 1.82) is 0 Å². The molecule has 11 heteroatoms. The van der Waals surface area contributed by atoms with E-state index < -0.39 is 67.4 Å². The molecule has 1 fully saturated rings. The number of amides is 1. The van der Waals surface area contributed by atoms with Gasteiger partial charge in [-0.2, -0.15) is 0 Å². The molecule has 500 valence electrons. The zero-order valence-corrected chi connectivity index (χ0v) is 55.7. The van der Waals surface area contributed by atoms with Crippen LogP contribution in [0.4, 0.5) is 0 Å². The molecule has 0 bridgehead atoms. The number of allylic oxidation sites excluding steroid dienone is 11. The molecule has 0 aromatic rings. The minimum absolute atomic E-state index is 0.122. The number of carbonyl (C=O) groups excluding carboxylic acids is 2. The van der Waals surface area contributed by atoms with Gasteiger partial charge >= 0.3 is 5.97 Å². The molecule has 1 aliphatic heterocycles. The highest BCUT2D eigenvalue weighted by atomic mass is 16.7. The highest BCUT2D eigenvalue weighted by Crippen LogP contribution is 2.26. The molecule has 1 saturated heterocycles. The Hall–Kier alpha value is -2.90. The Balaban J connectivity index is 2.56. The Morgan fingerprint density at radius 3 is 1.22 bits per heavy atom. The Labute approximate surface area is 528 Å². The van der Waals surface area contributed by atoms with Gasteiger partial charge in [-0.1, -0.05) is 299 Å². The van der Waals surface area contributed by atoms with Crippen molar-refractivity contribution in [1.82, 2.24) is 5.32 Å². The van der Waals surface area contributed by atoms with Gasteiger partial charge < -0.3 is 45.1 Å². The van der Waals surface area contributed by atoms with Gasteiger partial charge in [0.1, 0.15) is 24.4 Å². The summed E-state index contributed by atoms with van der Waals surface area (Å²) >= 11 is 0. The number of unbranched alkanes of at least 4 members (excludes halogenated alkanes) is 38. The molecular weight excluding hydrogens is 1070 g/mol. The molecule has 1 amide bonds. The molecule has 0 aromatic carbocycles. The molecule has 0 aromatic heterocycles. The van der Waals surface area contributed by atoms with Crippen LogP contribution in [-0.2, 0) is 23.8 Å². The van der Waals surface area contributed by atoms with Gasteiger partial charge in [0.15, 0.2) is 12.4 Å². The van der Waals surface area contributed by atoms with E-state index in [2.05, 4.69) is 86.8 Å².